The number of piperidine rings is 1. The Morgan fingerprint density at radius 3 is 2.48 bits per heavy atom. The number of carbonyl (C=O) groups is 2. The summed E-state index contributed by atoms with van der Waals surface area (Å²) in [5.41, 5.74) is 0.939. The highest BCUT2D eigenvalue weighted by atomic mass is 19.1. The Hall–Kier alpha value is -1.95. The molecular formula is C19H25FN2O3. The second kappa shape index (κ2) is 7.95. The molecule has 0 bridgehead atoms. The standard InChI is InChI=1S/C19H25FN2O3/c1-25-11-10-21-18(23)15-6-9-17(13-4-7-16(20)8-5-13)22(12-15)19(24)14-2-3-14/h4-5,7-8,14-15,17H,2-3,6,9-12H2,1H3,(H,21,23)/t15-,17-/m1/s1. The average Bonchev–Trinajstić information content (AvgIpc) is 3.46. The number of rotatable bonds is 6. The number of amides is 2. The first-order valence-electron chi connectivity index (χ1n) is 8.92. The molecule has 2 amide bonds. The van der Waals surface area contributed by atoms with Crippen LogP contribution in [0.25, 0.3) is 0 Å². The smallest absolute Gasteiger partial charge is 0.226 e. The molecule has 6 heteroatoms. The first-order valence-corrected chi connectivity index (χ1v) is 8.92. The van der Waals surface area contributed by atoms with Gasteiger partial charge in [-0.15, -0.1) is 0 Å². The number of nitrogens with zero attached hydrogens (tertiary/aromatic N) is 1. The normalized spacial score (nSPS) is 23.4. The number of carbonyl (C=O) groups excluding carboxylic acids is 2. The topological polar surface area (TPSA) is 58.6 Å². The SMILES string of the molecule is COCCNC(=O)[C@@H]1CC[C@H](c2ccc(F)cc2)N(C(=O)C2CC2)C1. The predicted octanol–water partition coefficient (Wildman–Crippen LogP) is 2.28. The van der Waals surface area contributed by atoms with E-state index in [-0.39, 0.29) is 35.5 Å². The zero-order chi connectivity index (χ0) is 17.8. The maximum absolute atomic E-state index is 13.2. The lowest BCUT2D eigenvalue weighted by atomic mass is 9.88. The summed E-state index contributed by atoms with van der Waals surface area (Å²) in [6.45, 7) is 1.38. The van der Waals surface area contributed by atoms with Gasteiger partial charge in [-0.05, 0) is 43.4 Å². The van der Waals surface area contributed by atoms with Crippen molar-refractivity contribution in [1.29, 1.82) is 0 Å². The van der Waals surface area contributed by atoms with Crippen LogP contribution >= 0.6 is 0 Å². The molecule has 1 N–H and O–H groups in total. The van der Waals surface area contributed by atoms with Crippen LogP contribution in [0.3, 0.4) is 0 Å². The van der Waals surface area contributed by atoms with E-state index in [0.717, 1.165) is 24.8 Å². The number of hydrogen-bond acceptors (Lipinski definition) is 3. The second-order valence-corrected chi connectivity index (χ2v) is 6.89. The van der Waals surface area contributed by atoms with Gasteiger partial charge in [0.05, 0.1) is 18.6 Å². The molecule has 0 unspecified atom stereocenters. The summed E-state index contributed by atoms with van der Waals surface area (Å²) in [7, 11) is 1.59. The molecule has 1 saturated heterocycles. The zero-order valence-electron chi connectivity index (χ0n) is 14.5. The van der Waals surface area contributed by atoms with E-state index in [9.17, 15) is 14.0 Å². The molecule has 2 aliphatic rings. The van der Waals surface area contributed by atoms with Crippen LogP contribution in [0.15, 0.2) is 24.3 Å². The van der Waals surface area contributed by atoms with Gasteiger partial charge in [0.1, 0.15) is 5.82 Å². The molecule has 0 radical (unpaired) electrons. The van der Waals surface area contributed by atoms with Gasteiger partial charge in [0.2, 0.25) is 11.8 Å². The third-order valence-electron chi connectivity index (χ3n) is 5.02. The Morgan fingerprint density at radius 1 is 1.16 bits per heavy atom. The third kappa shape index (κ3) is 4.37. The average molecular weight is 348 g/mol. The van der Waals surface area contributed by atoms with Gasteiger partial charge in [-0.3, -0.25) is 9.59 Å². The Kier molecular flexibility index (Phi) is 5.68. The quantitative estimate of drug-likeness (QED) is 0.803. The van der Waals surface area contributed by atoms with Crippen molar-refractivity contribution < 1.29 is 18.7 Å². The van der Waals surface area contributed by atoms with Gasteiger partial charge in [0.25, 0.3) is 0 Å². The number of ether oxygens (including phenoxy) is 1. The van der Waals surface area contributed by atoms with Crippen molar-refractivity contribution in [2.75, 3.05) is 26.8 Å². The molecule has 3 rings (SSSR count). The van der Waals surface area contributed by atoms with Crippen molar-refractivity contribution in [3.63, 3.8) is 0 Å². The maximum atomic E-state index is 13.2. The van der Waals surface area contributed by atoms with Crippen molar-refractivity contribution in [1.82, 2.24) is 10.2 Å². The van der Waals surface area contributed by atoms with E-state index in [1.54, 1.807) is 19.2 Å². The van der Waals surface area contributed by atoms with E-state index in [0.29, 0.717) is 26.1 Å². The monoisotopic (exact) mass is 348 g/mol. The molecule has 136 valence electrons. The van der Waals surface area contributed by atoms with Crippen LogP contribution in [0.5, 0.6) is 0 Å². The Morgan fingerprint density at radius 2 is 1.84 bits per heavy atom. The third-order valence-corrected chi connectivity index (χ3v) is 5.02. The summed E-state index contributed by atoms with van der Waals surface area (Å²) in [5, 5.41) is 2.87. The molecule has 1 aliphatic heterocycles. The van der Waals surface area contributed by atoms with E-state index in [1.807, 2.05) is 4.90 Å². The number of benzene rings is 1. The molecule has 2 atom stereocenters. The van der Waals surface area contributed by atoms with Crippen LogP contribution in [0, 0.1) is 17.7 Å². The van der Waals surface area contributed by atoms with Crippen LogP contribution in [-0.4, -0.2) is 43.5 Å². The fourth-order valence-corrected chi connectivity index (χ4v) is 3.45. The van der Waals surface area contributed by atoms with Gasteiger partial charge >= 0.3 is 0 Å². The van der Waals surface area contributed by atoms with Crippen molar-refractivity contribution in [3.8, 4) is 0 Å². The highest BCUT2D eigenvalue weighted by Crippen LogP contribution is 2.39. The van der Waals surface area contributed by atoms with E-state index < -0.39 is 0 Å². The molecule has 1 aromatic carbocycles. The van der Waals surface area contributed by atoms with E-state index in [1.165, 1.54) is 12.1 Å². The van der Waals surface area contributed by atoms with Crippen molar-refractivity contribution in [2.24, 2.45) is 11.8 Å². The molecule has 5 nitrogen and oxygen atoms in total. The van der Waals surface area contributed by atoms with Crippen molar-refractivity contribution in [2.45, 2.75) is 31.7 Å². The van der Waals surface area contributed by atoms with Crippen LogP contribution in [0.1, 0.15) is 37.3 Å². The lowest BCUT2D eigenvalue weighted by Crippen LogP contribution is -2.47. The maximum Gasteiger partial charge on any atom is 0.226 e. The van der Waals surface area contributed by atoms with E-state index >= 15 is 0 Å². The molecule has 25 heavy (non-hydrogen) atoms. The summed E-state index contributed by atoms with van der Waals surface area (Å²) < 4.78 is 18.2. The van der Waals surface area contributed by atoms with Gasteiger partial charge < -0.3 is 15.0 Å². The minimum Gasteiger partial charge on any atom is -0.383 e. The largest absolute Gasteiger partial charge is 0.383 e. The van der Waals surface area contributed by atoms with Crippen LogP contribution < -0.4 is 5.32 Å². The van der Waals surface area contributed by atoms with Crippen LogP contribution in [-0.2, 0) is 14.3 Å². The molecule has 1 saturated carbocycles. The second-order valence-electron chi connectivity index (χ2n) is 6.89. The lowest BCUT2D eigenvalue weighted by molar-refractivity contribution is -0.140. The van der Waals surface area contributed by atoms with Gasteiger partial charge in [-0.2, -0.15) is 0 Å². The minimum absolute atomic E-state index is 0.0248. The molecule has 0 spiro atoms. The number of halogens is 1. The zero-order valence-corrected chi connectivity index (χ0v) is 14.5. The molecule has 0 aromatic heterocycles. The highest BCUT2D eigenvalue weighted by molar-refractivity contribution is 5.84. The first-order chi connectivity index (χ1) is 12.1. The Labute approximate surface area is 147 Å². The molecule has 1 heterocycles. The fraction of sp³-hybridized carbons (Fsp3) is 0.579. The molecule has 2 fully saturated rings. The van der Waals surface area contributed by atoms with Crippen LogP contribution in [0.2, 0.25) is 0 Å². The van der Waals surface area contributed by atoms with Crippen molar-refractivity contribution in [3.05, 3.63) is 35.6 Å². The Bertz CT molecular complexity index is 616. The number of methoxy groups -OCH3 is 1. The first kappa shape index (κ1) is 17.9. The summed E-state index contributed by atoms with van der Waals surface area (Å²) in [4.78, 5) is 26.9. The fourth-order valence-electron chi connectivity index (χ4n) is 3.45. The number of hydrogen-bond donors (Lipinski definition) is 1. The van der Waals surface area contributed by atoms with Crippen LogP contribution in [0.4, 0.5) is 4.39 Å². The summed E-state index contributed by atoms with van der Waals surface area (Å²) in [6.07, 6.45) is 3.29. The minimum atomic E-state index is -0.282. The van der Waals surface area contributed by atoms with Gasteiger partial charge in [-0.25, -0.2) is 4.39 Å². The van der Waals surface area contributed by atoms with Gasteiger partial charge in [0, 0.05) is 26.1 Å². The lowest BCUT2D eigenvalue weighted by Gasteiger charge is -2.39. The Balaban J connectivity index is 1.71. The summed E-state index contributed by atoms with van der Waals surface area (Å²) in [5.74, 6) is -0.281. The van der Waals surface area contributed by atoms with Gasteiger partial charge in [-0.1, -0.05) is 12.1 Å². The van der Waals surface area contributed by atoms with Crippen molar-refractivity contribution >= 4 is 11.8 Å². The molecule has 1 aromatic rings. The predicted molar refractivity (Wildman–Crippen MR) is 91.2 cm³/mol. The highest BCUT2D eigenvalue weighted by Gasteiger charge is 2.41. The number of nitrogens with one attached hydrogen (secondary N) is 1. The van der Waals surface area contributed by atoms with E-state index in [4.69, 9.17) is 4.74 Å². The number of likely N-dealkylation sites (tertiary alicyclic amines) is 1. The van der Waals surface area contributed by atoms with E-state index in [2.05, 4.69) is 5.32 Å². The summed E-state index contributed by atoms with van der Waals surface area (Å²) >= 11 is 0. The summed E-state index contributed by atoms with van der Waals surface area (Å²) in [6, 6.07) is 6.27. The molecule has 1 aliphatic carbocycles. The van der Waals surface area contributed by atoms with Gasteiger partial charge in [0.15, 0.2) is 0 Å². The molecular weight excluding hydrogens is 323 g/mol.